The monoisotopic (exact) mass is 177 g/mol. The lowest BCUT2D eigenvalue weighted by atomic mass is 9.96. The summed E-state index contributed by atoms with van der Waals surface area (Å²) in [5, 5.41) is 0. The van der Waals surface area contributed by atoms with Crippen molar-refractivity contribution in [3.05, 3.63) is 18.2 Å². The second-order valence-electron chi connectivity index (χ2n) is 3.58. The fraction of sp³-hybridized carbons (Fsp3) is 0.600. The highest BCUT2D eigenvalue weighted by atomic mass is 14.9. The lowest BCUT2D eigenvalue weighted by Gasteiger charge is -2.16. The fourth-order valence-electron chi connectivity index (χ4n) is 1.75. The summed E-state index contributed by atoms with van der Waals surface area (Å²) in [5.74, 6) is 0. The average Bonchev–Trinajstić information content (AvgIpc) is 2.69. The van der Waals surface area contributed by atoms with Crippen LogP contribution in [0.4, 0.5) is 0 Å². The minimum atomic E-state index is 0.553. The van der Waals surface area contributed by atoms with Crippen LogP contribution in [0, 0.1) is 0 Å². The number of aliphatic imine (C=N–C) groups is 1. The molecule has 1 fully saturated rings. The number of H-pyrrole nitrogens is 1. The van der Waals surface area contributed by atoms with Crippen molar-refractivity contribution in [3.63, 3.8) is 0 Å². The number of imidazole rings is 1. The van der Waals surface area contributed by atoms with Crippen LogP contribution in [0.2, 0.25) is 0 Å². The molecule has 0 atom stereocenters. The van der Waals surface area contributed by atoms with Crippen molar-refractivity contribution < 1.29 is 0 Å². The van der Waals surface area contributed by atoms with Crippen molar-refractivity contribution in [3.8, 4) is 0 Å². The molecule has 0 spiro atoms. The van der Waals surface area contributed by atoms with Crippen molar-refractivity contribution in [2.24, 2.45) is 4.99 Å². The lowest BCUT2D eigenvalue weighted by molar-refractivity contribution is 0.444. The van der Waals surface area contributed by atoms with Gasteiger partial charge in [0.2, 0.25) is 0 Å². The Bertz CT molecular complexity index is 258. The lowest BCUT2D eigenvalue weighted by Crippen LogP contribution is -2.09. The summed E-state index contributed by atoms with van der Waals surface area (Å²) in [6.45, 7) is 0. The van der Waals surface area contributed by atoms with Crippen LogP contribution in [0.15, 0.2) is 17.5 Å². The molecule has 1 saturated carbocycles. The minimum absolute atomic E-state index is 0.553. The van der Waals surface area contributed by atoms with Gasteiger partial charge in [0.1, 0.15) is 0 Å². The van der Waals surface area contributed by atoms with Gasteiger partial charge in [-0.3, -0.25) is 4.99 Å². The number of aromatic nitrogens is 2. The molecule has 0 saturated heterocycles. The Hall–Kier alpha value is -1.12. The maximum Gasteiger partial charge on any atom is 0.0924 e. The quantitative estimate of drug-likeness (QED) is 0.691. The van der Waals surface area contributed by atoms with Gasteiger partial charge in [0.05, 0.1) is 24.3 Å². The Morgan fingerprint density at radius 1 is 1.38 bits per heavy atom. The van der Waals surface area contributed by atoms with Crippen LogP contribution < -0.4 is 0 Å². The van der Waals surface area contributed by atoms with Crippen molar-refractivity contribution in [1.29, 1.82) is 0 Å². The standard InChI is InChI=1S/C10H15N3/c1-2-4-9(5-3-1)12-7-10-6-11-8-13-10/h6-9H,1-5H2,(H,11,13)/b12-7+. The van der Waals surface area contributed by atoms with Crippen molar-refractivity contribution in [2.75, 3.05) is 0 Å². The van der Waals surface area contributed by atoms with Crippen LogP contribution in [0.3, 0.4) is 0 Å². The molecule has 0 radical (unpaired) electrons. The van der Waals surface area contributed by atoms with Crippen molar-refractivity contribution in [2.45, 2.75) is 38.1 Å². The smallest absolute Gasteiger partial charge is 0.0924 e. The Balaban J connectivity index is 1.89. The molecule has 1 N–H and O–H groups in total. The Morgan fingerprint density at radius 3 is 2.92 bits per heavy atom. The summed E-state index contributed by atoms with van der Waals surface area (Å²) >= 11 is 0. The maximum atomic E-state index is 4.53. The van der Waals surface area contributed by atoms with Gasteiger partial charge in [-0.05, 0) is 12.8 Å². The van der Waals surface area contributed by atoms with Crippen molar-refractivity contribution in [1.82, 2.24) is 9.97 Å². The number of nitrogens with one attached hydrogen (secondary N) is 1. The van der Waals surface area contributed by atoms with E-state index in [0.717, 1.165) is 5.69 Å². The highest BCUT2D eigenvalue weighted by molar-refractivity contribution is 5.76. The highest BCUT2D eigenvalue weighted by Crippen LogP contribution is 2.19. The molecule has 70 valence electrons. The number of hydrogen-bond donors (Lipinski definition) is 1. The molecule has 0 aliphatic heterocycles. The van der Waals surface area contributed by atoms with Crippen LogP contribution in [0.5, 0.6) is 0 Å². The molecule has 2 rings (SSSR count). The van der Waals surface area contributed by atoms with Gasteiger partial charge in [-0.1, -0.05) is 19.3 Å². The van der Waals surface area contributed by atoms with E-state index in [2.05, 4.69) is 15.0 Å². The first kappa shape index (κ1) is 8.48. The molecule has 0 amide bonds. The summed E-state index contributed by atoms with van der Waals surface area (Å²) < 4.78 is 0. The first-order valence-electron chi connectivity index (χ1n) is 4.97. The van der Waals surface area contributed by atoms with E-state index in [-0.39, 0.29) is 0 Å². The van der Waals surface area contributed by atoms with Crippen LogP contribution >= 0.6 is 0 Å². The van der Waals surface area contributed by atoms with E-state index < -0.39 is 0 Å². The normalized spacial score (nSPS) is 19.7. The number of nitrogens with zero attached hydrogens (tertiary/aromatic N) is 2. The third-order valence-corrected chi connectivity index (χ3v) is 2.52. The zero-order chi connectivity index (χ0) is 8.93. The second-order valence-corrected chi connectivity index (χ2v) is 3.58. The van der Waals surface area contributed by atoms with E-state index in [9.17, 15) is 0 Å². The zero-order valence-electron chi connectivity index (χ0n) is 7.74. The number of hydrogen-bond acceptors (Lipinski definition) is 2. The van der Waals surface area contributed by atoms with Gasteiger partial charge < -0.3 is 4.98 Å². The zero-order valence-corrected chi connectivity index (χ0v) is 7.74. The molecule has 0 aromatic carbocycles. The first-order chi connectivity index (χ1) is 6.45. The van der Waals surface area contributed by atoms with E-state index >= 15 is 0 Å². The minimum Gasteiger partial charge on any atom is -0.344 e. The molecular weight excluding hydrogens is 162 g/mol. The SMILES string of the molecule is C(=N\C1CCCCC1)/c1cnc[nH]1. The van der Waals surface area contributed by atoms with Crippen LogP contribution in [0.1, 0.15) is 37.8 Å². The molecule has 3 nitrogen and oxygen atoms in total. The largest absolute Gasteiger partial charge is 0.344 e. The van der Waals surface area contributed by atoms with E-state index in [1.807, 2.05) is 6.21 Å². The molecule has 1 aliphatic rings. The van der Waals surface area contributed by atoms with E-state index in [4.69, 9.17) is 0 Å². The molecular formula is C10H15N3. The molecule has 1 aromatic rings. The van der Waals surface area contributed by atoms with E-state index in [1.54, 1.807) is 12.5 Å². The van der Waals surface area contributed by atoms with Gasteiger partial charge >= 0.3 is 0 Å². The molecule has 3 heteroatoms. The van der Waals surface area contributed by atoms with Gasteiger partial charge in [-0.15, -0.1) is 0 Å². The summed E-state index contributed by atoms with van der Waals surface area (Å²) in [6, 6.07) is 0.553. The van der Waals surface area contributed by atoms with Crippen LogP contribution in [-0.4, -0.2) is 22.2 Å². The van der Waals surface area contributed by atoms with Gasteiger partial charge in [0.15, 0.2) is 0 Å². The second kappa shape index (κ2) is 4.21. The van der Waals surface area contributed by atoms with Gasteiger partial charge in [0.25, 0.3) is 0 Å². The predicted octanol–water partition coefficient (Wildman–Crippen LogP) is 2.16. The Morgan fingerprint density at radius 2 is 2.23 bits per heavy atom. The van der Waals surface area contributed by atoms with Gasteiger partial charge in [-0.2, -0.15) is 0 Å². The highest BCUT2D eigenvalue weighted by Gasteiger charge is 2.10. The Labute approximate surface area is 78.3 Å². The molecule has 1 heterocycles. The fourth-order valence-corrected chi connectivity index (χ4v) is 1.75. The maximum absolute atomic E-state index is 4.53. The molecule has 1 aliphatic carbocycles. The summed E-state index contributed by atoms with van der Waals surface area (Å²) in [6.07, 6.45) is 12.0. The van der Waals surface area contributed by atoms with Crippen LogP contribution in [-0.2, 0) is 0 Å². The topological polar surface area (TPSA) is 41.0 Å². The first-order valence-corrected chi connectivity index (χ1v) is 4.97. The van der Waals surface area contributed by atoms with Crippen molar-refractivity contribution >= 4 is 6.21 Å². The van der Waals surface area contributed by atoms with Gasteiger partial charge in [0, 0.05) is 6.21 Å². The molecule has 0 bridgehead atoms. The van der Waals surface area contributed by atoms with E-state index in [0.29, 0.717) is 6.04 Å². The predicted molar refractivity (Wildman–Crippen MR) is 53.1 cm³/mol. The number of aromatic amines is 1. The molecule has 1 aromatic heterocycles. The summed E-state index contributed by atoms with van der Waals surface area (Å²) in [7, 11) is 0. The third-order valence-electron chi connectivity index (χ3n) is 2.52. The van der Waals surface area contributed by atoms with Crippen LogP contribution in [0.25, 0.3) is 0 Å². The molecule has 13 heavy (non-hydrogen) atoms. The number of rotatable bonds is 2. The summed E-state index contributed by atoms with van der Waals surface area (Å²) in [4.78, 5) is 11.5. The van der Waals surface area contributed by atoms with Gasteiger partial charge in [-0.25, -0.2) is 4.98 Å². The van der Waals surface area contributed by atoms with E-state index in [1.165, 1.54) is 32.1 Å². The third kappa shape index (κ3) is 2.41. The molecule has 0 unspecified atom stereocenters. The summed E-state index contributed by atoms with van der Waals surface area (Å²) in [5.41, 5.74) is 1.01. The Kier molecular flexibility index (Phi) is 2.75. The average molecular weight is 177 g/mol.